The summed E-state index contributed by atoms with van der Waals surface area (Å²) in [6.07, 6.45) is 11.5. The highest BCUT2D eigenvalue weighted by molar-refractivity contribution is 9.09. The molecule has 0 spiro atoms. The summed E-state index contributed by atoms with van der Waals surface area (Å²) in [5.41, 5.74) is 0. The molecule has 3 unspecified atom stereocenters. The van der Waals surface area contributed by atoms with Crippen molar-refractivity contribution in [3.05, 3.63) is 0 Å². The zero-order chi connectivity index (χ0) is 12.0. The number of rotatable bonds is 6. The molecule has 0 aromatic rings. The molecule has 3 atom stereocenters. The lowest BCUT2D eigenvalue weighted by atomic mass is 9.74. The van der Waals surface area contributed by atoms with Crippen LogP contribution in [0.5, 0.6) is 0 Å². The molecule has 16 heavy (non-hydrogen) atoms. The normalized spacial score (nSPS) is 30.9. The molecule has 0 aromatic heterocycles. The van der Waals surface area contributed by atoms with Crippen LogP contribution in [0, 0.1) is 17.8 Å². The summed E-state index contributed by atoms with van der Waals surface area (Å²) in [5.74, 6) is 2.83. The first-order valence-electron chi connectivity index (χ1n) is 7.29. The second kappa shape index (κ2) is 7.74. The molecule has 0 bridgehead atoms. The van der Waals surface area contributed by atoms with Crippen LogP contribution in [0.2, 0.25) is 0 Å². The number of hydrogen-bond acceptors (Lipinski definition) is 0. The third-order valence-electron chi connectivity index (χ3n) is 4.30. The van der Waals surface area contributed by atoms with Crippen molar-refractivity contribution in [1.29, 1.82) is 0 Å². The summed E-state index contributed by atoms with van der Waals surface area (Å²) in [5, 5.41) is 0. The third-order valence-corrected chi connectivity index (χ3v) is 5.51. The van der Waals surface area contributed by atoms with E-state index in [-0.39, 0.29) is 0 Å². The third kappa shape index (κ3) is 4.77. The summed E-state index contributed by atoms with van der Waals surface area (Å²) in [6, 6.07) is 0. The van der Waals surface area contributed by atoms with Gasteiger partial charge in [0.2, 0.25) is 0 Å². The van der Waals surface area contributed by atoms with E-state index >= 15 is 0 Å². The molecule has 0 aromatic carbocycles. The van der Waals surface area contributed by atoms with E-state index in [0.29, 0.717) is 0 Å². The SMILES string of the molecule is CCCCCCC1CC(C(C)C)CCC1Br. The standard InChI is InChI=1S/C15H29Br/c1-4-5-6-7-8-14-11-13(12(2)3)9-10-15(14)16/h12-15H,4-11H2,1-3H3. The summed E-state index contributed by atoms with van der Waals surface area (Å²) in [6.45, 7) is 7.09. The van der Waals surface area contributed by atoms with E-state index in [1.54, 1.807) is 0 Å². The number of unbranched alkanes of at least 4 members (excludes halogenated alkanes) is 3. The molecular formula is C15H29Br. The second-order valence-electron chi connectivity index (χ2n) is 5.94. The van der Waals surface area contributed by atoms with Gasteiger partial charge in [-0.05, 0) is 43.4 Å². The Morgan fingerprint density at radius 3 is 2.50 bits per heavy atom. The molecule has 1 rings (SSSR count). The smallest absolute Gasteiger partial charge is 0.0174 e. The maximum Gasteiger partial charge on any atom is 0.0174 e. The fraction of sp³-hybridized carbons (Fsp3) is 1.00. The van der Waals surface area contributed by atoms with Crippen LogP contribution in [0.25, 0.3) is 0 Å². The highest BCUT2D eigenvalue weighted by atomic mass is 79.9. The van der Waals surface area contributed by atoms with Crippen LogP contribution in [0.15, 0.2) is 0 Å². The highest BCUT2D eigenvalue weighted by Crippen LogP contribution is 2.39. The van der Waals surface area contributed by atoms with Crippen molar-refractivity contribution in [3.63, 3.8) is 0 Å². The minimum absolute atomic E-state index is 0.809. The average molecular weight is 289 g/mol. The summed E-state index contributed by atoms with van der Waals surface area (Å²) < 4.78 is 0. The Balaban J connectivity index is 2.26. The van der Waals surface area contributed by atoms with Gasteiger partial charge in [0.1, 0.15) is 0 Å². The average Bonchev–Trinajstić information content (AvgIpc) is 2.26. The van der Waals surface area contributed by atoms with Crippen LogP contribution in [0.1, 0.15) is 72.1 Å². The maximum absolute atomic E-state index is 3.90. The maximum atomic E-state index is 3.90. The van der Waals surface area contributed by atoms with Crippen LogP contribution in [-0.2, 0) is 0 Å². The molecule has 1 aliphatic carbocycles. The lowest BCUT2D eigenvalue weighted by Gasteiger charge is -2.35. The Morgan fingerprint density at radius 1 is 1.12 bits per heavy atom. The van der Waals surface area contributed by atoms with E-state index in [1.807, 2.05) is 0 Å². The van der Waals surface area contributed by atoms with Gasteiger partial charge < -0.3 is 0 Å². The van der Waals surface area contributed by atoms with E-state index in [1.165, 1.54) is 51.4 Å². The zero-order valence-electron chi connectivity index (χ0n) is 11.3. The summed E-state index contributed by atoms with van der Waals surface area (Å²) in [4.78, 5) is 0.809. The van der Waals surface area contributed by atoms with Crippen LogP contribution in [0.4, 0.5) is 0 Å². The van der Waals surface area contributed by atoms with Crippen LogP contribution < -0.4 is 0 Å². The molecule has 0 radical (unpaired) electrons. The van der Waals surface area contributed by atoms with Crippen molar-refractivity contribution in [2.75, 3.05) is 0 Å². The van der Waals surface area contributed by atoms with Gasteiger partial charge in [0, 0.05) is 4.83 Å². The van der Waals surface area contributed by atoms with E-state index < -0.39 is 0 Å². The first kappa shape index (κ1) is 14.5. The fourth-order valence-electron chi connectivity index (χ4n) is 3.00. The quantitative estimate of drug-likeness (QED) is 0.428. The zero-order valence-corrected chi connectivity index (χ0v) is 12.9. The molecule has 0 saturated heterocycles. The minimum Gasteiger partial charge on any atom is -0.0888 e. The van der Waals surface area contributed by atoms with E-state index in [9.17, 15) is 0 Å². The molecule has 0 heterocycles. The number of halogens is 1. The lowest BCUT2D eigenvalue weighted by Crippen LogP contribution is -2.27. The lowest BCUT2D eigenvalue weighted by molar-refractivity contribution is 0.212. The van der Waals surface area contributed by atoms with Crippen molar-refractivity contribution >= 4 is 15.9 Å². The van der Waals surface area contributed by atoms with E-state index in [4.69, 9.17) is 0 Å². The monoisotopic (exact) mass is 288 g/mol. The summed E-state index contributed by atoms with van der Waals surface area (Å²) in [7, 11) is 0. The van der Waals surface area contributed by atoms with Gasteiger partial charge in [-0.3, -0.25) is 0 Å². The van der Waals surface area contributed by atoms with Gasteiger partial charge in [-0.25, -0.2) is 0 Å². The van der Waals surface area contributed by atoms with Crippen molar-refractivity contribution < 1.29 is 0 Å². The van der Waals surface area contributed by atoms with Gasteiger partial charge in [-0.1, -0.05) is 62.4 Å². The molecule has 0 N–H and O–H groups in total. The van der Waals surface area contributed by atoms with Gasteiger partial charge in [-0.2, -0.15) is 0 Å². The predicted octanol–water partition coefficient (Wildman–Crippen LogP) is 5.79. The number of hydrogen-bond donors (Lipinski definition) is 0. The van der Waals surface area contributed by atoms with Crippen molar-refractivity contribution in [1.82, 2.24) is 0 Å². The van der Waals surface area contributed by atoms with Crippen LogP contribution in [0.3, 0.4) is 0 Å². The van der Waals surface area contributed by atoms with Gasteiger partial charge in [-0.15, -0.1) is 0 Å². The Hall–Kier alpha value is 0.480. The minimum atomic E-state index is 0.809. The summed E-state index contributed by atoms with van der Waals surface area (Å²) >= 11 is 3.90. The van der Waals surface area contributed by atoms with Crippen LogP contribution in [-0.4, -0.2) is 4.83 Å². The van der Waals surface area contributed by atoms with E-state index in [2.05, 4.69) is 36.7 Å². The molecular weight excluding hydrogens is 260 g/mol. The van der Waals surface area contributed by atoms with Gasteiger partial charge in [0.25, 0.3) is 0 Å². The molecule has 0 amide bonds. The first-order valence-corrected chi connectivity index (χ1v) is 8.20. The highest BCUT2D eigenvalue weighted by Gasteiger charge is 2.29. The molecule has 1 fully saturated rings. The fourth-order valence-corrected chi connectivity index (χ4v) is 3.75. The molecule has 0 nitrogen and oxygen atoms in total. The Labute approximate surface area is 111 Å². The first-order chi connectivity index (χ1) is 7.65. The molecule has 1 heteroatoms. The van der Waals surface area contributed by atoms with Crippen molar-refractivity contribution in [2.45, 2.75) is 77.0 Å². The van der Waals surface area contributed by atoms with Gasteiger partial charge in [0.15, 0.2) is 0 Å². The van der Waals surface area contributed by atoms with Gasteiger partial charge >= 0.3 is 0 Å². The molecule has 0 aliphatic heterocycles. The Morgan fingerprint density at radius 2 is 1.88 bits per heavy atom. The van der Waals surface area contributed by atoms with E-state index in [0.717, 1.165) is 22.6 Å². The molecule has 1 saturated carbocycles. The second-order valence-corrected chi connectivity index (χ2v) is 7.12. The largest absolute Gasteiger partial charge is 0.0888 e. The number of alkyl halides is 1. The topological polar surface area (TPSA) is 0 Å². The molecule has 96 valence electrons. The van der Waals surface area contributed by atoms with Crippen molar-refractivity contribution in [2.24, 2.45) is 17.8 Å². The molecule has 1 aliphatic rings. The van der Waals surface area contributed by atoms with Crippen molar-refractivity contribution in [3.8, 4) is 0 Å². The predicted molar refractivity (Wildman–Crippen MR) is 77.1 cm³/mol. The Kier molecular flexibility index (Phi) is 7.03. The Bertz CT molecular complexity index is 176. The van der Waals surface area contributed by atoms with Crippen LogP contribution >= 0.6 is 15.9 Å². The van der Waals surface area contributed by atoms with Gasteiger partial charge in [0.05, 0.1) is 0 Å².